The van der Waals surface area contributed by atoms with Crippen LogP contribution in [0, 0.1) is 11.8 Å². The van der Waals surface area contributed by atoms with Gasteiger partial charge in [0.05, 0.1) is 18.2 Å². The zero-order valence-corrected chi connectivity index (χ0v) is 30.0. The average Bonchev–Trinajstić information content (AvgIpc) is 3.41. The number of fused-ring (bicyclic) bond motifs is 4. The van der Waals surface area contributed by atoms with E-state index in [-0.39, 0.29) is 39.1 Å². The van der Waals surface area contributed by atoms with E-state index >= 15 is 4.79 Å². The Kier molecular flexibility index (Phi) is 8.58. The molecular weight excluding hydrogens is 629 g/mol. The fraction of sp³-hybridized carbons (Fsp3) is 0.500. The van der Waals surface area contributed by atoms with E-state index in [9.17, 15) is 15.0 Å². The standard InChI is InChI=1S/C36H46N4O7Si/c1-9-10-15-45-34-28-31(46-39-34)29(40(5)6)24-18-21-16-20-17-23(38-22-11-13-37-14-12-22)19-25(41)26(20)30(42)27(21)32(43)36(24,33(28)44)47-48(7,8)35(2,3)4/h11-14,17,19,21,24,29,41,43H,9-10,15-16,18H2,1-8H3,(H,37,38)/t21-,24-,29-,36-/m0/s1. The molecule has 3 aromatic rings. The number of carbonyl (C=O) groups excluding carboxylic acids is 2. The van der Waals surface area contributed by atoms with E-state index in [4.69, 9.17) is 13.7 Å². The number of nitrogens with one attached hydrogen (secondary N) is 1. The number of aromatic hydroxyl groups is 1. The first kappa shape index (κ1) is 33.9. The van der Waals surface area contributed by atoms with Crippen LogP contribution in [0.25, 0.3) is 0 Å². The van der Waals surface area contributed by atoms with Gasteiger partial charge in [0.25, 0.3) is 5.88 Å². The lowest BCUT2D eigenvalue weighted by atomic mass is 9.58. The third-order valence-electron chi connectivity index (χ3n) is 10.6. The van der Waals surface area contributed by atoms with Crippen LogP contribution in [0.15, 0.2) is 52.5 Å². The highest BCUT2D eigenvalue weighted by molar-refractivity contribution is 6.74. The first-order valence-corrected chi connectivity index (χ1v) is 19.6. The maximum absolute atomic E-state index is 15.1. The summed E-state index contributed by atoms with van der Waals surface area (Å²) < 4.78 is 19.0. The van der Waals surface area contributed by atoms with Gasteiger partial charge < -0.3 is 29.2 Å². The number of hydrogen-bond acceptors (Lipinski definition) is 11. The Bertz CT molecular complexity index is 1780. The van der Waals surface area contributed by atoms with E-state index in [1.807, 2.05) is 57.2 Å². The highest BCUT2D eigenvalue weighted by Gasteiger charge is 2.67. The smallest absolute Gasteiger partial charge is 0.265 e. The largest absolute Gasteiger partial charge is 0.508 e. The van der Waals surface area contributed by atoms with Gasteiger partial charge in [0.2, 0.25) is 5.78 Å². The summed E-state index contributed by atoms with van der Waals surface area (Å²) in [5.74, 6) is -2.23. The van der Waals surface area contributed by atoms with E-state index in [0.717, 1.165) is 18.5 Å². The normalized spacial score (nSPS) is 23.8. The number of benzene rings is 1. The van der Waals surface area contributed by atoms with Crippen molar-refractivity contribution in [1.82, 2.24) is 15.0 Å². The minimum absolute atomic E-state index is 0.0686. The molecule has 0 bridgehead atoms. The van der Waals surface area contributed by atoms with Gasteiger partial charge in [-0.25, -0.2) is 0 Å². The van der Waals surface area contributed by atoms with Crippen LogP contribution in [0.3, 0.4) is 0 Å². The molecule has 4 atom stereocenters. The van der Waals surface area contributed by atoms with Crippen LogP contribution in [0.1, 0.15) is 85.0 Å². The number of phenolic OH excluding ortho intramolecular Hbond substituents is 1. The molecule has 3 aliphatic rings. The number of unbranched alkanes of at least 4 members (excludes halogenated alkanes) is 1. The topological polar surface area (TPSA) is 147 Å². The predicted molar refractivity (Wildman–Crippen MR) is 184 cm³/mol. The molecule has 0 unspecified atom stereocenters. The Labute approximate surface area is 282 Å². The fourth-order valence-electron chi connectivity index (χ4n) is 7.25. The molecule has 2 heterocycles. The number of nitrogens with zero attached hydrogens (tertiary/aromatic N) is 3. The van der Waals surface area contributed by atoms with Gasteiger partial charge in [-0.05, 0) is 86.3 Å². The van der Waals surface area contributed by atoms with Crippen molar-refractivity contribution >= 4 is 31.3 Å². The number of anilines is 2. The zero-order valence-electron chi connectivity index (χ0n) is 29.0. The Morgan fingerprint density at radius 1 is 1.10 bits per heavy atom. The summed E-state index contributed by atoms with van der Waals surface area (Å²) >= 11 is 0. The van der Waals surface area contributed by atoms with E-state index in [0.29, 0.717) is 36.5 Å². The Morgan fingerprint density at radius 3 is 2.46 bits per heavy atom. The number of hydrogen-bond donors (Lipinski definition) is 3. The number of ether oxygens (including phenoxy) is 1. The quantitative estimate of drug-likeness (QED) is 0.157. The van der Waals surface area contributed by atoms with Crippen molar-refractivity contribution in [2.45, 2.75) is 83.2 Å². The Hall–Kier alpha value is -4.00. The van der Waals surface area contributed by atoms with Crippen LogP contribution in [-0.2, 0) is 10.8 Å². The van der Waals surface area contributed by atoms with Crippen molar-refractivity contribution in [1.29, 1.82) is 0 Å². The number of aromatic nitrogens is 2. The second-order valence-corrected chi connectivity index (χ2v) is 19.7. The predicted octanol–water partition coefficient (Wildman–Crippen LogP) is 7.14. The number of aliphatic hydroxyl groups excluding tert-OH is 1. The van der Waals surface area contributed by atoms with Gasteiger partial charge in [0.1, 0.15) is 17.1 Å². The monoisotopic (exact) mass is 674 g/mol. The molecule has 6 rings (SSSR count). The lowest BCUT2D eigenvalue weighted by Gasteiger charge is -2.55. The summed E-state index contributed by atoms with van der Waals surface area (Å²) in [6, 6.07) is 6.46. The first-order chi connectivity index (χ1) is 22.6. The number of pyridine rings is 1. The molecule has 11 nitrogen and oxygen atoms in total. The first-order valence-electron chi connectivity index (χ1n) is 16.7. The van der Waals surface area contributed by atoms with Crippen LogP contribution >= 0.6 is 0 Å². The number of carbonyl (C=O) groups is 2. The second-order valence-electron chi connectivity index (χ2n) is 15.0. The molecule has 0 spiro atoms. The van der Waals surface area contributed by atoms with Gasteiger partial charge in [-0.3, -0.25) is 19.5 Å². The number of phenols is 1. The molecule has 0 saturated heterocycles. The van der Waals surface area contributed by atoms with Crippen LogP contribution in [0.5, 0.6) is 11.6 Å². The molecule has 2 aromatic heterocycles. The van der Waals surface area contributed by atoms with E-state index in [1.165, 1.54) is 6.07 Å². The highest BCUT2D eigenvalue weighted by Crippen LogP contribution is 2.59. The van der Waals surface area contributed by atoms with Crippen LogP contribution in [-0.4, -0.2) is 71.4 Å². The summed E-state index contributed by atoms with van der Waals surface area (Å²) in [5.41, 5.74) is 0.545. The summed E-state index contributed by atoms with van der Waals surface area (Å²) in [6.45, 7) is 12.7. The highest BCUT2D eigenvalue weighted by atomic mass is 28.4. The SMILES string of the molecule is CCCCOc1noc2c1C(=O)[C@@]1(O[Si](C)(C)C(C)(C)C)C(O)=C3C(=O)c4c(O)cc(Nc5ccncc5)cc4C[C@H]3C[C@H]1[C@@H]2N(C)C. The molecule has 1 aromatic carbocycles. The number of aliphatic hydroxyl groups is 1. The maximum atomic E-state index is 15.1. The molecule has 0 fully saturated rings. The summed E-state index contributed by atoms with van der Waals surface area (Å²) in [6.07, 6.45) is 5.70. The lowest BCUT2D eigenvalue weighted by Crippen LogP contribution is -2.65. The molecule has 12 heteroatoms. The third-order valence-corrected chi connectivity index (χ3v) is 15.0. The number of rotatable bonds is 9. The van der Waals surface area contributed by atoms with E-state index in [2.05, 4.69) is 36.2 Å². The summed E-state index contributed by atoms with van der Waals surface area (Å²) in [4.78, 5) is 35.6. The molecule has 0 amide bonds. The van der Waals surface area contributed by atoms with Gasteiger partial charge in [-0.1, -0.05) is 34.1 Å². The van der Waals surface area contributed by atoms with Crippen molar-refractivity contribution in [3.05, 3.63) is 70.4 Å². The van der Waals surface area contributed by atoms with Crippen molar-refractivity contribution in [2.24, 2.45) is 11.8 Å². The molecule has 3 aliphatic carbocycles. The van der Waals surface area contributed by atoms with Crippen LogP contribution in [0.2, 0.25) is 18.1 Å². The molecule has 256 valence electrons. The van der Waals surface area contributed by atoms with Crippen LogP contribution in [0.4, 0.5) is 11.4 Å². The average molecular weight is 675 g/mol. The lowest BCUT2D eigenvalue weighted by molar-refractivity contribution is -0.0480. The van der Waals surface area contributed by atoms with E-state index < -0.39 is 43.4 Å². The minimum atomic E-state index is -2.81. The molecule has 0 aliphatic heterocycles. The Morgan fingerprint density at radius 2 is 1.81 bits per heavy atom. The van der Waals surface area contributed by atoms with Crippen molar-refractivity contribution < 1.29 is 33.5 Å². The molecule has 0 radical (unpaired) electrons. The van der Waals surface area contributed by atoms with Gasteiger partial charge in [0, 0.05) is 41.3 Å². The maximum Gasteiger partial charge on any atom is 0.265 e. The van der Waals surface area contributed by atoms with Crippen molar-refractivity contribution in [2.75, 3.05) is 26.0 Å². The Balaban J connectivity index is 1.54. The number of ketones is 2. The summed E-state index contributed by atoms with van der Waals surface area (Å²) in [5, 5.41) is 31.0. The van der Waals surface area contributed by atoms with Gasteiger partial charge >= 0.3 is 0 Å². The zero-order chi connectivity index (χ0) is 34.8. The minimum Gasteiger partial charge on any atom is -0.508 e. The van der Waals surface area contributed by atoms with Crippen molar-refractivity contribution in [3.8, 4) is 11.6 Å². The number of Topliss-reactive ketones (excluding diaryl/α,β-unsaturated/α-hetero) is 2. The van der Waals surface area contributed by atoms with Gasteiger partial charge in [-0.2, -0.15) is 0 Å². The second kappa shape index (κ2) is 12.2. The third kappa shape index (κ3) is 5.34. The van der Waals surface area contributed by atoms with Crippen molar-refractivity contribution in [3.63, 3.8) is 0 Å². The molecule has 0 saturated carbocycles. The van der Waals surface area contributed by atoms with E-state index in [1.54, 1.807) is 12.4 Å². The summed E-state index contributed by atoms with van der Waals surface area (Å²) in [7, 11) is 0.982. The fourth-order valence-corrected chi connectivity index (χ4v) is 8.70. The molecule has 3 N–H and O–H groups in total. The van der Waals surface area contributed by atoms with Gasteiger partial charge in [0.15, 0.2) is 25.5 Å². The molecule has 48 heavy (non-hydrogen) atoms. The van der Waals surface area contributed by atoms with Gasteiger partial charge in [-0.15, -0.1) is 0 Å². The molecular formula is C36H46N4O7Si. The number of allylic oxidation sites excluding steroid dienone is 1. The van der Waals surface area contributed by atoms with Crippen LogP contribution < -0.4 is 10.1 Å².